The summed E-state index contributed by atoms with van der Waals surface area (Å²) in [7, 11) is 3.49. The van der Waals surface area contributed by atoms with Crippen molar-refractivity contribution in [2.75, 3.05) is 20.7 Å². The van der Waals surface area contributed by atoms with E-state index in [1.165, 1.54) is 12.0 Å². The van der Waals surface area contributed by atoms with Crippen LogP contribution in [0.5, 0.6) is 0 Å². The monoisotopic (exact) mass is 303 g/mol. The number of carbonyl (C=O) groups is 1. The molecule has 0 aliphatic carbocycles. The van der Waals surface area contributed by atoms with Gasteiger partial charge in [0.15, 0.2) is 0 Å². The van der Waals surface area contributed by atoms with Crippen LogP contribution < -0.4 is 0 Å². The van der Waals surface area contributed by atoms with Gasteiger partial charge in [-0.1, -0.05) is 36.4 Å². The van der Waals surface area contributed by atoms with Crippen LogP contribution in [0.25, 0.3) is 0 Å². The van der Waals surface area contributed by atoms with Crippen LogP contribution in [-0.4, -0.2) is 31.6 Å². The molecule has 2 rings (SSSR count). The maximum atomic E-state index is 12.1. The molecule has 0 bridgehead atoms. The van der Waals surface area contributed by atoms with Crippen molar-refractivity contribution in [3.05, 3.63) is 58.3 Å². The number of ether oxygens (including phenoxy) is 1. The van der Waals surface area contributed by atoms with Gasteiger partial charge >= 0.3 is 5.97 Å². The van der Waals surface area contributed by atoms with Gasteiger partial charge in [0, 0.05) is 17.5 Å². The fourth-order valence-corrected chi connectivity index (χ4v) is 3.18. The summed E-state index contributed by atoms with van der Waals surface area (Å²) in [6, 6.07) is 14.3. The molecule has 1 aromatic carbocycles. The number of nitrogens with zero attached hydrogens (tertiary/aromatic N) is 1. The Morgan fingerprint density at radius 1 is 1.24 bits per heavy atom. The van der Waals surface area contributed by atoms with Crippen LogP contribution in [0.15, 0.2) is 47.8 Å². The number of hydrogen-bond acceptors (Lipinski definition) is 4. The molecule has 2 unspecified atom stereocenters. The topological polar surface area (TPSA) is 29.5 Å². The first kappa shape index (κ1) is 15.7. The largest absolute Gasteiger partial charge is 0.469 e. The molecule has 0 aliphatic heterocycles. The van der Waals surface area contributed by atoms with Gasteiger partial charge in [0.1, 0.15) is 0 Å². The number of rotatable bonds is 6. The standard InChI is InChI=1S/C17H21NO2S/c1-13(16-10-7-11-21-16)18(2)12-15(17(19)20-3)14-8-5-4-6-9-14/h4-11,13,15H,12H2,1-3H3. The fourth-order valence-electron chi connectivity index (χ4n) is 2.34. The van der Waals surface area contributed by atoms with Crippen molar-refractivity contribution < 1.29 is 9.53 Å². The van der Waals surface area contributed by atoms with E-state index in [1.807, 2.05) is 37.4 Å². The molecular formula is C17H21NO2S. The maximum absolute atomic E-state index is 12.1. The van der Waals surface area contributed by atoms with Crippen LogP contribution >= 0.6 is 11.3 Å². The Labute approximate surface area is 130 Å². The summed E-state index contributed by atoms with van der Waals surface area (Å²) in [4.78, 5) is 15.6. The zero-order chi connectivity index (χ0) is 15.2. The third-order valence-corrected chi connectivity index (χ3v) is 4.82. The molecule has 1 heterocycles. The van der Waals surface area contributed by atoms with Crippen molar-refractivity contribution in [2.24, 2.45) is 0 Å². The van der Waals surface area contributed by atoms with Gasteiger partial charge in [0.05, 0.1) is 13.0 Å². The first-order chi connectivity index (χ1) is 10.1. The molecule has 0 saturated heterocycles. The maximum Gasteiger partial charge on any atom is 0.314 e. The summed E-state index contributed by atoms with van der Waals surface area (Å²) in [6.07, 6.45) is 0. The zero-order valence-corrected chi connectivity index (χ0v) is 13.5. The van der Waals surface area contributed by atoms with E-state index < -0.39 is 0 Å². The number of benzene rings is 1. The highest BCUT2D eigenvalue weighted by atomic mass is 32.1. The van der Waals surface area contributed by atoms with E-state index in [4.69, 9.17) is 4.74 Å². The molecule has 0 amide bonds. The highest BCUT2D eigenvalue weighted by molar-refractivity contribution is 7.10. The van der Waals surface area contributed by atoms with Crippen molar-refractivity contribution in [2.45, 2.75) is 18.9 Å². The number of hydrogen-bond donors (Lipinski definition) is 0. The van der Waals surface area contributed by atoms with E-state index >= 15 is 0 Å². The molecule has 2 aromatic rings. The van der Waals surface area contributed by atoms with E-state index in [0.29, 0.717) is 6.54 Å². The van der Waals surface area contributed by atoms with E-state index in [1.54, 1.807) is 11.3 Å². The Morgan fingerprint density at radius 3 is 2.52 bits per heavy atom. The van der Waals surface area contributed by atoms with Crippen LogP contribution in [0, 0.1) is 0 Å². The lowest BCUT2D eigenvalue weighted by Crippen LogP contribution is -2.31. The lowest BCUT2D eigenvalue weighted by Gasteiger charge is -2.27. The molecule has 0 spiro atoms. The minimum absolute atomic E-state index is 0.188. The number of likely N-dealkylation sites (N-methyl/N-ethyl adjacent to an activating group) is 1. The van der Waals surface area contributed by atoms with Gasteiger partial charge in [-0.15, -0.1) is 11.3 Å². The molecule has 0 radical (unpaired) electrons. The lowest BCUT2D eigenvalue weighted by atomic mass is 9.98. The third-order valence-electron chi connectivity index (χ3n) is 3.77. The molecule has 0 N–H and O–H groups in total. The van der Waals surface area contributed by atoms with Crippen LogP contribution in [0.1, 0.15) is 29.3 Å². The fraction of sp³-hybridized carbons (Fsp3) is 0.353. The van der Waals surface area contributed by atoms with Gasteiger partial charge in [-0.3, -0.25) is 9.69 Å². The van der Waals surface area contributed by atoms with Crippen molar-refractivity contribution in [1.82, 2.24) is 4.90 Å². The minimum atomic E-state index is -0.261. The first-order valence-corrected chi connectivity index (χ1v) is 7.88. The van der Waals surface area contributed by atoms with Gasteiger partial charge in [-0.2, -0.15) is 0 Å². The smallest absolute Gasteiger partial charge is 0.314 e. The number of methoxy groups -OCH3 is 1. The second-order valence-electron chi connectivity index (χ2n) is 5.12. The van der Waals surface area contributed by atoms with Crippen molar-refractivity contribution in [1.29, 1.82) is 0 Å². The highest BCUT2D eigenvalue weighted by Gasteiger charge is 2.25. The second-order valence-corrected chi connectivity index (χ2v) is 6.10. The number of carbonyl (C=O) groups excluding carboxylic acids is 1. The Balaban J connectivity index is 2.14. The van der Waals surface area contributed by atoms with Gasteiger partial charge in [-0.05, 0) is 31.0 Å². The van der Waals surface area contributed by atoms with Crippen LogP contribution in [0.4, 0.5) is 0 Å². The quantitative estimate of drug-likeness (QED) is 0.762. The molecule has 21 heavy (non-hydrogen) atoms. The van der Waals surface area contributed by atoms with E-state index in [0.717, 1.165) is 5.56 Å². The molecular weight excluding hydrogens is 282 g/mol. The summed E-state index contributed by atoms with van der Waals surface area (Å²) in [6.45, 7) is 2.79. The summed E-state index contributed by atoms with van der Waals surface area (Å²) < 4.78 is 4.98. The van der Waals surface area contributed by atoms with Crippen molar-refractivity contribution >= 4 is 17.3 Å². The summed E-state index contributed by atoms with van der Waals surface area (Å²) in [5.41, 5.74) is 0.995. The SMILES string of the molecule is COC(=O)C(CN(C)C(C)c1cccs1)c1ccccc1. The second kappa shape index (κ2) is 7.38. The molecule has 3 nitrogen and oxygen atoms in total. The number of esters is 1. The molecule has 2 atom stereocenters. The predicted molar refractivity (Wildman–Crippen MR) is 86.6 cm³/mol. The zero-order valence-electron chi connectivity index (χ0n) is 12.7. The highest BCUT2D eigenvalue weighted by Crippen LogP contribution is 2.26. The molecule has 4 heteroatoms. The molecule has 0 aliphatic rings. The average Bonchev–Trinajstić information content (AvgIpc) is 3.06. The van der Waals surface area contributed by atoms with E-state index in [9.17, 15) is 4.79 Å². The average molecular weight is 303 g/mol. The van der Waals surface area contributed by atoms with Gasteiger partial charge in [-0.25, -0.2) is 0 Å². The number of thiophene rings is 1. The summed E-state index contributed by atoms with van der Waals surface area (Å²) in [5, 5.41) is 2.08. The van der Waals surface area contributed by atoms with E-state index in [-0.39, 0.29) is 17.9 Å². The minimum Gasteiger partial charge on any atom is -0.469 e. The summed E-state index contributed by atoms with van der Waals surface area (Å²) in [5.74, 6) is -0.449. The molecule has 0 saturated carbocycles. The van der Waals surface area contributed by atoms with Gasteiger partial charge < -0.3 is 4.74 Å². The van der Waals surface area contributed by atoms with Gasteiger partial charge in [0.25, 0.3) is 0 Å². The normalized spacial score (nSPS) is 13.9. The third kappa shape index (κ3) is 3.93. The molecule has 112 valence electrons. The predicted octanol–water partition coefficient (Wildman–Crippen LogP) is 3.70. The van der Waals surface area contributed by atoms with Crippen molar-refractivity contribution in [3.8, 4) is 0 Å². The Hall–Kier alpha value is -1.65. The first-order valence-electron chi connectivity index (χ1n) is 7.00. The van der Waals surface area contributed by atoms with Crippen LogP contribution in [0.3, 0.4) is 0 Å². The van der Waals surface area contributed by atoms with Crippen molar-refractivity contribution in [3.63, 3.8) is 0 Å². The Bertz CT molecular complexity index is 553. The van der Waals surface area contributed by atoms with Crippen LogP contribution in [0.2, 0.25) is 0 Å². The molecule has 1 aromatic heterocycles. The summed E-state index contributed by atoms with van der Waals surface area (Å²) >= 11 is 1.74. The Morgan fingerprint density at radius 2 is 1.95 bits per heavy atom. The van der Waals surface area contributed by atoms with Gasteiger partial charge in [0.2, 0.25) is 0 Å². The Kier molecular flexibility index (Phi) is 5.53. The molecule has 0 fully saturated rings. The lowest BCUT2D eigenvalue weighted by molar-refractivity contribution is -0.143. The van der Waals surface area contributed by atoms with Crippen LogP contribution in [-0.2, 0) is 9.53 Å². The van der Waals surface area contributed by atoms with E-state index in [2.05, 4.69) is 29.3 Å².